The third kappa shape index (κ3) is 19.7. The normalized spacial score (nSPS) is 9.07. The van der Waals surface area contributed by atoms with Crippen molar-refractivity contribution in [2.24, 2.45) is 0 Å². The van der Waals surface area contributed by atoms with Crippen molar-refractivity contribution in [3.63, 3.8) is 0 Å². The summed E-state index contributed by atoms with van der Waals surface area (Å²) in [4.78, 5) is 10.5. The second kappa shape index (κ2) is 15.9. The molecule has 1 amide bonds. The third-order valence-electron chi connectivity index (χ3n) is 1.59. The molecule has 3 nitrogen and oxygen atoms in total. The predicted octanol–water partition coefficient (Wildman–Crippen LogP) is 2.75. The first-order valence-electron chi connectivity index (χ1n) is 6.07. The average molecular weight is 217 g/mol. The van der Waals surface area contributed by atoms with Crippen LogP contribution >= 0.6 is 0 Å². The summed E-state index contributed by atoms with van der Waals surface area (Å²) in [5.74, 6) is 0.145. The molecule has 0 radical (unpaired) electrons. The van der Waals surface area contributed by atoms with Crippen molar-refractivity contribution in [2.45, 2.75) is 53.4 Å². The largest absolute Gasteiger partial charge is 0.381 e. The molecule has 0 heterocycles. The van der Waals surface area contributed by atoms with Crippen LogP contribution in [-0.2, 0) is 9.53 Å². The van der Waals surface area contributed by atoms with E-state index < -0.39 is 0 Å². The molecule has 0 aromatic rings. The first kappa shape index (κ1) is 16.8. The lowest BCUT2D eigenvalue weighted by molar-refractivity contribution is -0.120. The lowest BCUT2D eigenvalue weighted by atomic mass is 10.4. The van der Waals surface area contributed by atoms with Crippen LogP contribution in [0, 0.1) is 0 Å². The lowest BCUT2D eigenvalue weighted by Gasteiger charge is -1.97. The van der Waals surface area contributed by atoms with E-state index in [0.29, 0.717) is 6.42 Å². The van der Waals surface area contributed by atoms with Crippen LogP contribution in [0.4, 0.5) is 0 Å². The number of ether oxygens (including phenoxy) is 1. The SMILES string of the molecule is CCCNC(=O)CC.CCCOCCC. The molecule has 0 saturated heterocycles. The average Bonchev–Trinajstić information content (AvgIpc) is 2.27. The molecular weight excluding hydrogens is 190 g/mol. The summed E-state index contributed by atoms with van der Waals surface area (Å²) in [6.07, 6.45) is 3.89. The number of carbonyl (C=O) groups is 1. The Morgan fingerprint density at radius 3 is 1.87 bits per heavy atom. The lowest BCUT2D eigenvalue weighted by Crippen LogP contribution is -2.22. The molecule has 0 atom stereocenters. The van der Waals surface area contributed by atoms with Crippen molar-refractivity contribution in [2.75, 3.05) is 19.8 Å². The minimum absolute atomic E-state index is 0.145. The number of hydrogen-bond acceptors (Lipinski definition) is 2. The molecule has 92 valence electrons. The highest BCUT2D eigenvalue weighted by atomic mass is 16.5. The van der Waals surface area contributed by atoms with Crippen molar-refractivity contribution in [1.82, 2.24) is 5.32 Å². The molecule has 0 saturated carbocycles. The van der Waals surface area contributed by atoms with Gasteiger partial charge in [0.1, 0.15) is 0 Å². The van der Waals surface area contributed by atoms with E-state index in [0.717, 1.165) is 39.0 Å². The maximum absolute atomic E-state index is 10.5. The molecule has 0 aromatic carbocycles. The van der Waals surface area contributed by atoms with Gasteiger partial charge in [-0.05, 0) is 19.3 Å². The number of amides is 1. The van der Waals surface area contributed by atoms with E-state index in [1.54, 1.807) is 0 Å². The highest BCUT2D eigenvalue weighted by Crippen LogP contribution is 1.81. The topological polar surface area (TPSA) is 38.3 Å². The highest BCUT2D eigenvalue weighted by Gasteiger charge is 1.90. The van der Waals surface area contributed by atoms with Gasteiger partial charge in [0, 0.05) is 26.2 Å². The van der Waals surface area contributed by atoms with Crippen LogP contribution in [0.3, 0.4) is 0 Å². The molecule has 0 unspecified atom stereocenters. The van der Waals surface area contributed by atoms with Crippen LogP contribution in [-0.4, -0.2) is 25.7 Å². The van der Waals surface area contributed by atoms with Crippen molar-refractivity contribution < 1.29 is 9.53 Å². The zero-order chi connectivity index (χ0) is 11.9. The molecule has 0 fully saturated rings. The van der Waals surface area contributed by atoms with Gasteiger partial charge in [0.25, 0.3) is 0 Å². The van der Waals surface area contributed by atoms with Gasteiger partial charge in [-0.1, -0.05) is 27.7 Å². The fraction of sp³-hybridized carbons (Fsp3) is 0.917. The molecule has 0 aliphatic heterocycles. The Morgan fingerprint density at radius 2 is 1.53 bits per heavy atom. The van der Waals surface area contributed by atoms with Gasteiger partial charge in [-0.2, -0.15) is 0 Å². The maximum atomic E-state index is 10.5. The fourth-order valence-corrected chi connectivity index (χ4v) is 0.780. The van der Waals surface area contributed by atoms with E-state index in [1.165, 1.54) is 0 Å². The summed E-state index contributed by atoms with van der Waals surface area (Å²) in [7, 11) is 0. The second-order valence-electron chi connectivity index (χ2n) is 3.32. The van der Waals surface area contributed by atoms with E-state index in [9.17, 15) is 4.79 Å². The van der Waals surface area contributed by atoms with E-state index >= 15 is 0 Å². The van der Waals surface area contributed by atoms with E-state index in [2.05, 4.69) is 19.2 Å². The molecule has 3 heteroatoms. The molecule has 0 rings (SSSR count). The molecule has 15 heavy (non-hydrogen) atoms. The molecule has 0 aromatic heterocycles. The Hall–Kier alpha value is -0.570. The second-order valence-corrected chi connectivity index (χ2v) is 3.32. The van der Waals surface area contributed by atoms with Gasteiger partial charge in [-0.15, -0.1) is 0 Å². The van der Waals surface area contributed by atoms with Gasteiger partial charge in [0.05, 0.1) is 0 Å². The monoisotopic (exact) mass is 217 g/mol. The van der Waals surface area contributed by atoms with Crippen molar-refractivity contribution in [3.8, 4) is 0 Å². The quantitative estimate of drug-likeness (QED) is 0.666. The summed E-state index contributed by atoms with van der Waals surface area (Å²) >= 11 is 0. The number of rotatable bonds is 7. The molecule has 1 N–H and O–H groups in total. The van der Waals surface area contributed by atoms with Gasteiger partial charge in [0.15, 0.2) is 0 Å². The Bertz CT molecular complexity index is 123. The van der Waals surface area contributed by atoms with Gasteiger partial charge in [0.2, 0.25) is 5.91 Å². The number of hydrogen-bond donors (Lipinski definition) is 1. The molecule has 0 aliphatic rings. The third-order valence-corrected chi connectivity index (χ3v) is 1.59. The molecular formula is C12H27NO2. The van der Waals surface area contributed by atoms with Crippen LogP contribution in [0.25, 0.3) is 0 Å². The Morgan fingerprint density at radius 1 is 1.00 bits per heavy atom. The van der Waals surface area contributed by atoms with E-state index in [-0.39, 0.29) is 5.91 Å². The smallest absolute Gasteiger partial charge is 0.219 e. The number of nitrogens with one attached hydrogen (secondary N) is 1. The van der Waals surface area contributed by atoms with Gasteiger partial charge in [-0.3, -0.25) is 4.79 Å². The van der Waals surface area contributed by atoms with Crippen LogP contribution in [0.5, 0.6) is 0 Å². The molecule has 0 aliphatic carbocycles. The Labute approximate surface area is 94.6 Å². The Balaban J connectivity index is 0. The zero-order valence-corrected chi connectivity index (χ0v) is 10.8. The van der Waals surface area contributed by atoms with Gasteiger partial charge >= 0.3 is 0 Å². The summed E-state index contributed by atoms with van der Waals surface area (Å²) in [5.41, 5.74) is 0. The van der Waals surface area contributed by atoms with Crippen molar-refractivity contribution in [1.29, 1.82) is 0 Å². The zero-order valence-electron chi connectivity index (χ0n) is 10.8. The van der Waals surface area contributed by atoms with Crippen LogP contribution in [0.1, 0.15) is 53.4 Å². The van der Waals surface area contributed by atoms with E-state index in [1.807, 2.05) is 13.8 Å². The number of carbonyl (C=O) groups excluding carboxylic acids is 1. The van der Waals surface area contributed by atoms with Crippen molar-refractivity contribution in [3.05, 3.63) is 0 Å². The van der Waals surface area contributed by atoms with Gasteiger partial charge in [-0.25, -0.2) is 0 Å². The summed E-state index contributed by atoms with van der Waals surface area (Å²) in [6.45, 7) is 10.8. The van der Waals surface area contributed by atoms with E-state index in [4.69, 9.17) is 4.74 Å². The predicted molar refractivity (Wildman–Crippen MR) is 65.0 cm³/mol. The summed E-state index contributed by atoms with van der Waals surface area (Å²) in [6, 6.07) is 0. The van der Waals surface area contributed by atoms with Crippen LogP contribution in [0.2, 0.25) is 0 Å². The summed E-state index contributed by atoms with van der Waals surface area (Å²) < 4.78 is 5.13. The first-order chi connectivity index (χ1) is 7.22. The maximum Gasteiger partial charge on any atom is 0.219 e. The minimum atomic E-state index is 0.145. The molecule has 0 bridgehead atoms. The van der Waals surface area contributed by atoms with Gasteiger partial charge < -0.3 is 10.1 Å². The first-order valence-corrected chi connectivity index (χ1v) is 6.07. The van der Waals surface area contributed by atoms with Crippen LogP contribution in [0.15, 0.2) is 0 Å². The van der Waals surface area contributed by atoms with Crippen molar-refractivity contribution >= 4 is 5.91 Å². The minimum Gasteiger partial charge on any atom is -0.381 e. The molecule has 0 spiro atoms. The fourth-order valence-electron chi connectivity index (χ4n) is 0.780. The Kier molecular flexibility index (Phi) is 17.8. The van der Waals surface area contributed by atoms with Crippen LogP contribution < -0.4 is 5.32 Å². The highest BCUT2D eigenvalue weighted by molar-refractivity contribution is 5.75. The standard InChI is InChI=1S/C6H13NO.C6H14O/c1-3-5-7-6(8)4-2;1-3-5-7-6-4-2/h3-5H2,1-2H3,(H,7,8);3-6H2,1-2H3. The summed E-state index contributed by atoms with van der Waals surface area (Å²) in [5, 5.41) is 2.74.